The molecule has 32 heavy (non-hydrogen) atoms. The van der Waals surface area contributed by atoms with Crippen molar-refractivity contribution in [3.63, 3.8) is 0 Å². The zero-order valence-electron chi connectivity index (χ0n) is 17.9. The van der Waals surface area contributed by atoms with E-state index in [1.165, 1.54) is 23.9 Å². The second-order valence-electron chi connectivity index (χ2n) is 7.36. The van der Waals surface area contributed by atoms with Gasteiger partial charge in [0.2, 0.25) is 0 Å². The summed E-state index contributed by atoms with van der Waals surface area (Å²) in [5, 5.41) is 11.8. The molecule has 1 aromatic heterocycles. The molecule has 0 spiro atoms. The number of nitrogens with zero attached hydrogens (tertiary/aromatic N) is 3. The first kappa shape index (κ1) is 21.6. The number of aromatic nitrogens is 2. The fourth-order valence-electron chi connectivity index (χ4n) is 3.55. The Balaban J connectivity index is 1.78. The highest BCUT2D eigenvalue weighted by Crippen LogP contribution is 2.34. The Morgan fingerprint density at radius 1 is 1.12 bits per heavy atom. The van der Waals surface area contributed by atoms with Gasteiger partial charge in [0.15, 0.2) is 10.9 Å². The number of imidazole rings is 1. The normalized spacial score (nSPS) is 11.0. The second kappa shape index (κ2) is 8.84. The summed E-state index contributed by atoms with van der Waals surface area (Å²) in [5.41, 5.74) is 4.52. The number of carbonyl (C=O) groups is 1. The summed E-state index contributed by atoms with van der Waals surface area (Å²) in [6, 6.07) is 17.8. The summed E-state index contributed by atoms with van der Waals surface area (Å²) < 4.78 is 7.40. The van der Waals surface area contributed by atoms with E-state index in [4.69, 9.17) is 4.74 Å². The number of aryl methyl sites for hydroxylation is 2. The molecule has 0 aliphatic carbocycles. The number of ketones is 1. The van der Waals surface area contributed by atoms with Gasteiger partial charge in [0.1, 0.15) is 5.75 Å². The smallest absolute Gasteiger partial charge is 0.271 e. The molecule has 0 fully saturated rings. The van der Waals surface area contributed by atoms with Crippen molar-refractivity contribution < 1.29 is 14.5 Å². The van der Waals surface area contributed by atoms with E-state index in [0.717, 1.165) is 16.8 Å². The topological polar surface area (TPSA) is 87.3 Å². The highest BCUT2D eigenvalue weighted by molar-refractivity contribution is 7.99. The molecular weight excluding hydrogens is 426 g/mol. The Bertz CT molecular complexity index is 1350. The fraction of sp³-hybridized carbons (Fsp3) is 0.167. The maximum Gasteiger partial charge on any atom is 0.271 e. The molecule has 0 bridgehead atoms. The number of rotatable bonds is 7. The van der Waals surface area contributed by atoms with Crippen molar-refractivity contribution in [1.29, 1.82) is 0 Å². The van der Waals surface area contributed by atoms with Crippen LogP contribution < -0.4 is 4.74 Å². The number of ether oxygens (including phenoxy) is 1. The Morgan fingerprint density at radius 3 is 2.66 bits per heavy atom. The van der Waals surface area contributed by atoms with Crippen LogP contribution in [0.4, 0.5) is 5.69 Å². The zero-order chi connectivity index (χ0) is 22.8. The summed E-state index contributed by atoms with van der Waals surface area (Å²) >= 11 is 1.30. The molecule has 0 radical (unpaired) electrons. The number of benzene rings is 3. The highest BCUT2D eigenvalue weighted by atomic mass is 32.2. The van der Waals surface area contributed by atoms with Gasteiger partial charge in [0, 0.05) is 17.7 Å². The Hall–Kier alpha value is -3.65. The van der Waals surface area contributed by atoms with Crippen molar-refractivity contribution >= 4 is 34.3 Å². The lowest BCUT2D eigenvalue weighted by molar-refractivity contribution is -0.384. The van der Waals surface area contributed by atoms with Gasteiger partial charge in [0.25, 0.3) is 5.69 Å². The number of fused-ring (bicyclic) bond motifs is 1. The van der Waals surface area contributed by atoms with Crippen LogP contribution in [-0.2, 0) is 0 Å². The van der Waals surface area contributed by atoms with E-state index in [9.17, 15) is 14.9 Å². The fourth-order valence-corrected chi connectivity index (χ4v) is 4.45. The molecule has 0 aliphatic rings. The van der Waals surface area contributed by atoms with Gasteiger partial charge in [-0.2, -0.15) is 0 Å². The van der Waals surface area contributed by atoms with Gasteiger partial charge in [-0.15, -0.1) is 0 Å². The van der Waals surface area contributed by atoms with Crippen molar-refractivity contribution in [2.45, 2.75) is 19.0 Å². The molecule has 8 heteroatoms. The minimum absolute atomic E-state index is 0.000753. The number of carbonyl (C=O) groups excluding carboxylic acids is 1. The maximum absolute atomic E-state index is 12.9. The number of hydrogen-bond donors (Lipinski definition) is 0. The Labute approximate surface area is 189 Å². The SMILES string of the molecule is COc1ccccc1-n1c(SCC(=O)c2cc(C)ccc2C)nc2cc([N+](=O)[O-])ccc21. The van der Waals surface area contributed by atoms with Gasteiger partial charge >= 0.3 is 0 Å². The lowest BCUT2D eigenvalue weighted by atomic mass is 10.0. The first-order chi connectivity index (χ1) is 15.4. The number of non-ortho nitro benzene ring substituents is 1. The number of methoxy groups -OCH3 is 1. The van der Waals surface area contributed by atoms with Crippen molar-refractivity contribution in [1.82, 2.24) is 9.55 Å². The number of nitro benzene ring substituents is 1. The van der Waals surface area contributed by atoms with Crippen LogP contribution in [0.15, 0.2) is 65.8 Å². The third kappa shape index (κ3) is 4.09. The third-order valence-corrected chi connectivity index (χ3v) is 6.11. The molecule has 162 valence electrons. The molecule has 4 rings (SSSR count). The van der Waals surface area contributed by atoms with Crippen molar-refractivity contribution in [3.8, 4) is 11.4 Å². The van der Waals surface area contributed by atoms with Crippen molar-refractivity contribution in [3.05, 3.63) is 87.5 Å². The van der Waals surface area contributed by atoms with E-state index in [0.29, 0.717) is 27.5 Å². The number of hydrogen-bond acceptors (Lipinski definition) is 6. The van der Waals surface area contributed by atoms with E-state index < -0.39 is 4.92 Å². The molecule has 0 saturated heterocycles. The lowest BCUT2D eigenvalue weighted by Gasteiger charge is -2.13. The molecule has 1 heterocycles. The van der Waals surface area contributed by atoms with Gasteiger partial charge in [-0.1, -0.05) is 41.6 Å². The molecule has 0 amide bonds. The van der Waals surface area contributed by atoms with Gasteiger partial charge < -0.3 is 4.74 Å². The minimum Gasteiger partial charge on any atom is -0.495 e. The monoisotopic (exact) mass is 447 g/mol. The zero-order valence-corrected chi connectivity index (χ0v) is 18.7. The average Bonchev–Trinajstić information content (AvgIpc) is 3.16. The molecule has 0 unspecified atom stereocenters. The predicted octanol–water partition coefficient (Wildman–Crippen LogP) is 5.53. The van der Waals surface area contributed by atoms with E-state index in [-0.39, 0.29) is 17.2 Å². The molecule has 0 saturated carbocycles. The summed E-state index contributed by atoms with van der Waals surface area (Å²) in [4.78, 5) is 28.4. The van der Waals surface area contributed by atoms with Gasteiger partial charge in [0.05, 0.1) is 34.5 Å². The van der Waals surface area contributed by atoms with Gasteiger partial charge in [-0.3, -0.25) is 19.5 Å². The van der Waals surface area contributed by atoms with Crippen LogP contribution in [-0.4, -0.2) is 33.1 Å². The number of para-hydroxylation sites is 2. The Morgan fingerprint density at radius 2 is 1.91 bits per heavy atom. The van der Waals surface area contributed by atoms with E-state index >= 15 is 0 Å². The average molecular weight is 448 g/mol. The van der Waals surface area contributed by atoms with Crippen LogP contribution in [0.1, 0.15) is 21.5 Å². The van der Waals surface area contributed by atoms with E-state index in [2.05, 4.69) is 4.98 Å². The lowest BCUT2D eigenvalue weighted by Crippen LogP contribution is -2.07. The van der Waals surface area contributed by atoms with Crippen LogP contribution in [0.3, 0.4) is 0 Å². The van der Waals surface area contributed by atoms with E-state index in [1.807, 2.05) is 60.9 Å². The van der Waals surface area contributed by atoms with Crippen molar-refractivity contribution in [2.24, 2.45) is 0 Å². The quantitative estimate of drug-likeness (QED) is 0.160. The van der Waals surface area contributed by atoms with Crippen molar-refractivity contribution in [2.75, 3.05) is 12.9 Å². The van der Waals surface area contributed by atoms with Crippen LogP contribution in [0.2, 0.25) is 0 Å². The summed E-state index contributed by atoms with van der Waals surface area (Å²) in [7, 11) is 1.58. The second-order valence-corrected chi connectivity index (χ2v) is 8.30. The number of nitro groups is 1. The molecule has 4 aromatic rings. The van der Waals surface area contributed by atoms with Crippen LogP contribution in [0, 0.1) is 24.0 Å². The molecule has 0 atom stereocenters. The summed E-state index contributed by atoms with van der Waals surface area (Å²) in [5.74, 6) is 0.818. The number of Topliss-reactive ketones (excluding diaryl/α,β-unsaturated/α-hetero) is 1. The molecular formula is C24H21N3O4S. The summed E-state index contributed by atoms with van der Waals surface area (Å²) in [6.07, 6.45) is 0. The first-order valence-corrected chi connectivity index (χ1v) is 10.9. The van der Waals surface area contributed by atoms with Crippen LogP contribution >= 0.6 is 11.8 Å². The van der Waals surface area contributed by atoms with Crippen LogP contribution in [0.25, 0.3) is 16.7 Å². The third-order valence-electron chi connectivity index (χ3n) is 5.17. The standard InChI is InChI=1S/C24H21N3O4S/c1-15-8-9-16(2)18(12-15)22(28)14-32-24-25-19-13-17(27(29)30)10-11-20(19)26(24)21-6-4-5-7-23(21)31-3/h4-13H,14H2,1-3H3. The van der Waals surface area contributed by atoms with Gasteiger partial charge in [-0.25, -0.2) is 4.98 Å². The van der Waals surface area contributed by atoms with Crippen LogP contribution in [0.5, 0.6) is 5.75 Å². The first-order valence-electron chi connectivity index (χ1n) is 9.92. The molecule has 3 aromatic carbocycles. The predicted molar refractivity (Wildman–Crippen MR) is 125 cm³/mol. The Kier molecular flexibility index (Phi) is 5.96. The minimum atomic E-state index is -0.446. The summed E-state index contributed by atoms with van der Waals surface area (Å²) in [6.45, 7) is 3.87. The maximum atomic E-state index is 12.9. The largest absolute Gasteiger partial charge is 0.495 e. The van der Waals surface area contributed by atoms with Gasteiger partial charge in [-0.05, 0) is 43.7 Å². The molecule has 0 aliphatic heterocycles. The molecule has 0 N–H and O–H groups in total. The molecule has 7 nitrogen and oxygen atoms in total. The highest BCUT2D eigenvalue weighted by Gasteiger charge is 2.20. The number of thioether (sulfide) groups is 1. The van der Waals surface area contributed by atoms with E-state index in [1.54, 1.807) is 13.2 Å².